The highest BCUT2D eigenvalue weighted by molar-refractivity contribution is 9.10. The van der Waals surface area contributed by atoms with Gasteiger partial charge in [0.05, 0.1) is 31.2 Å². The third-order valence-corrected chi connectivity index (χ3v) is 4.09. The maximum absolute atomic E-state index is 12.2. The lowest BCUT2D eigenvalue weighted by atomic mass is 10.0. The number of hydrogen-bond donors (Lipinski definition) is 0. The van der Waals surface area contributed by atoms with Gasteiger partial charge in [-0.05, 0) is 29.7 Å². The van der Waals surface area contributed by atoms with Crippen LogP contribution in [0.5, 0.6) is 0 Å². The van der Waals surface area contributed by atoms with Crippen LogP contribution in [0.25, 0.3) is 0 Å². The summed E-state index contributed by atoms with van der Waals surface area (Å²) in [7, 11) is 0. The summed E-state index contributed by atoms with van der Waals surface area (Å²) in [5.41, 5.74) is 3.12. The molecule has 0 aromatic carbocycles. The van der Waals surface area contributed by atoms with E-state index in [1.807, 2.05) is 17.0 Å². The predicted octanol–water partition coefficient (Wildman–Crippen LogP) is 2.56. The average molecular weight is 321 g/mol. The van der Waals surface area contributed by atoms with Gasteiger partial charge in [-0.3, -0.25) is 9.78 Å². The van der Waals surface area contributed by atoms with Crippen LogP contribution in [-0.2, 0) is 24.2 Å². The number of carbonyl (C=O) groups excluding carboxylic acids is 1. The number of fused-ring (bicyclic) bond motifs is 1. The monoisotopic (exact) mass is 320 g/mol. The molecule has 0 aliphatic carbocycles. The zero-order valence-electron chi connectivity index (χ0n) is 10.3. The van der Waals surface area contributed by atoms with Crippen molar-refractivity contribution >= 4 is 21.8 Å². The molecule has 1 amide bonds. The highest BCUT2D eigenvalue weighted by Gasteiger charge is 2.23. The second kappa shape index (κ2) is 5.17. The molecule has 5 heteroatoms. The molecule has 4 nitrogen and oxygen atoms in total. The molecule has 0 bridgehead atoms. The summed E-state index contributed by atoms with van der Waals surface area (Å²) in [5, 5.41) is 0. The first kappa shape index (κ1) is 12.4. The Bertz CT molecular complexity index is 595. The number of halogens is 1. The molecule has 3 rings (SSSR count). The molecule has 19 heavy (non-hydrogen) atoms. The van der Waals surface area contributed by atoms with Crippen molar-refractivity contribution in [3.8, 4) is 0 Å². The Balaban J connectivity index is 1.73. The van der Waals surface area contributed by atoms with Gasteiger partial charge in [-0.15, -0.1) is 0 Å². The van der Waals surface area contributed by atoms with Gasteiger partial charge in [-0.1, -0.05) is 15.9 Å². The van der Waals surface area contributed by atoms with Crippen molar-refractivity contribution in [2.75, 3.05) is 6.54 Å². The molecule has 0 saturated heterocycles. The van der Waals surface area contributed by atoms with Crippen LogP contribution in [0.4, 0.5) is 0 Å². The van der Waals surface area contributed by atoms with Gasteiger partial charge in [0.1, 0.15) is 0 Å². The molecule has 1 aliphatic heterocycles. The Kier molecular flexibility index (Phi) is 3.38. The van der Waals surface area contributed by atoms with Gasteiger partial charge >= 0.3 is 0 Å². The second-order valence-electron chi connectivity index (χ2n) is 4.59. The molecule has 2 aromatic rings. The summed E-state index contributed by atoms with van der Waals surface area (Å²) in [4.78, 5) is 18.4. The van der Waals surface area contributed by atoms with Gasteiger partial charge in [0, 0.05) is 17.2 Å². The van der Waals surface area contributed by atoms with Crippen LogP contribution in [-0.4, -0.2) is 22.3 Å². The van der Waals surface area contributed by atoms with E-state index in [-0.39, 0.29) is 5.91 Å². The lowest BCUT2D eigenvalue weighted by Crippen LogP contribution is -2.37. The number of furan rings is 1. The number of pyridine rings is 1. The van der Waals surface area contributed by atoms with Crippen LogP contribution in [0.2, 0.25) is 0 Å². The molecule has 0 radical (unpaired) electrons. The summed E-state index contributed by atoms with van der Waals surface area (Å²) in [5.74, 6) is 0.119. The lowest BCUT2D eigenvalue weighted by molar-refractivity contribution is -0.131. The highest BCUT2D eigenvalue weighted by atomic mass is 79.9. The minimum Gasteiger partial charge on any atom is -0.472 e. The van der Waals surface area contributed by atoms with Gasteiger partial charge in [-0.25, -0.2) is 0 Å². The molecule has 0 N–H and O–H groups in total. The topological polar surface area (TPSA) is 46.3 Å². The average Bonchev–Trinajstić information content (AvgIpc) is 2.91. The Labute approximate surface area is 119 Å². The Morgan fingerprint density at radius 3 is 3.16 bits per heavy atom. The number of hydrogen-bond acceptors (Lipinski definition) is 3. The number of rotatable bonds is 2. The molecule has 0 fully saturated rings. The molecule has 2 aromatic heterocycles. The summed E-state index contributed by atoms with van der Waals surface area (Å²) < 4.78 is 6.07. The van der Waals surface area contributed by atoms with E-state index in [1.165, 1.54) is 5.56 Å². The van der Waals surface area contributed by atoms with E-state index in [1.54, 1.807) is 18.7 Å². The smallest absolute Gasteiger partial charge is 0.227 e. The van der Waals surface area contributed by atoms with Crippen molar-refractivity contribution in [2.45, 2.75) is 19.4 Å². The fourth-order valence-electron chi connectivity index (χ4n) is 2.31. The SMILES string of the molecule is O=C(Cc1ccoc1)N1CCc2c(Br)ccnc2C1. The highest BCUT2D eigenvalue weighted by Crippen LogP contribution is 2.24. The third-order valence-electron chi connectivity index (χ3n) is 3.35. The molecule has 1 aliphatic rings. The van der Waals surface area contributed by atoms with Crippen molar-refractivity contribution in [1.29, 1.82) is 0 Å². The molecule has 98 valence electrons. The maximum Gasteiger partial charge on any atom is 0.227 e. The van der Waals surface area contributed by atoms with E-state index in [0.29, 0.717) is 13.0 Å². The van der Waals surface area contributed by atoms with Crippen LogP contribution in [0.3, 0.4) is 0 Å². The summed E-state index contributed by atoms with van der Waals surface area (Å²) in [6.45, 7) is 1.33. The van der Waals surface area contributed by atoms with Crippen LogP contribution in [0.1, 0.15) is 16.8 Å². The molecule has 3 heterocycles. The second-order valence-corrected chi connectivity index (χ2v) is 5.45. The lowest BCUT2D eigenvalue weighted by Gasteiger charge is -2.28. The van der Waals surface area contributed by atoms with E-state index < -0.39 is 0 Å². The standard InChI is InChI=1S/C14H13BrN2O2/c15-12-1-4-16-13-8-17(5-2-11(12)13)14(18)7-10-3-6-19-9-10/h1,3-4,6,9H,2,5,7-8H2. The summed E-state index contributed by atoms with van der Waals surface area (Å²) in [6.07, 6.45) is 6.21. The predicted molar refractivity (Wildman–Crippen MR) is 73.5 cm³/mol. The summed E-state index contributed by atoms with van der Waals surface area (Å²) in [6, 6.07) is 3.77. The molecule has 0 saturated carbocycles. The first-order valence-corrected chi connectivity index (χ1v) is 6.94. The van der Waals surface area contributed by atoms with Crippen LogP contribution < -0.4 is 0 Å². The minimum atomic E-state index is 0.119. The molecule has 0 atom stereocenters. The quantitative estimate of drug-likeness (QED) is 0.854. The zero-order valence-corrected chi connectivity index (χ0v) is 11.9. The normalized spacial score (nSPS) is 14.3. The van der Waals surface area contributed by atoms with Gasteiger partial charge in [0.25, 0.3) is 0 Å². The van der Waals surface area contributed by atoms with Gasteiger partial charge in [-0.2, -0.15) is 0 Å². The van der Waals surface area contributed by atoms with E-state index in [4.69, 9.17) is 4.42 Å². The van der Waals surface area contributed by atoms with E-state index in [9.17, 15) is 4.79 Å². The number of aromatic nitrogens is 1. The fourth-order valence-corrected chi connectivity index (χ4v) is 2.85. The van der Waals surface area contributed by atoms with Gasteiger partial charge in [0.15, 0.2) is 0 Å². The van der Waals surface area contributed by atoms with Gasteiger partial charge in [0.2, 0.25) is 5.91 Å². The molecular formula is C14H13BrN2O2. The van der Waals surface area contributed by atoms with Crippen molar-refractivity contribution in [2.24, 2.45) is 0 Å². The van der Waals surface area contributed by atoms with Gasteiger partial charge < -0.3 is 9.32 Å². The van der Waals surface area contributed by atoms with Crippen LogP contribution in [0, 0.1) is 0 Å². The Morgan fingerprint density at radius 2 is 2.37 bits per heavy atom. The van der Waals surface area contributed by atoms with E-state index >= 15 is 0 Å². The first-order valence-electron chi connectivity index (χ1n) is 6.15. The largest absolute Gasteiger partial charge is 0.472 e. The summed E-state index contributed by atoms with van der Waals surface area (Å²) >= 11 is 3.53. The Hall–Kier alpha value is -1.62. The number of carbonyl (C=O) groups is 1. The van der Waals surface area contributed by atoms with Crippen LogP contribution >= 0.6 is 15.9 Å². The third kappa shape index (κ3) is 2.56. The maximum atomic E-state index is 12.2. The molecule has 0 spiro atoms. The fraction of sp³-hybridized carbons (Fsp3) is 0.286. The zero-order chi connectivity index (χ0) is 13.2. The van der Waals surface area contributed by atoms with Crippen molar-refractivity contribution in [1.82, 2.24) is 9.88 Å². The van der Waals surface area contributed by atoms with Crippen molar-refractivity contribution in [3.63, 3.8) is 0 Å². The Morgan fingerprint density at radius 1 is 1.47 bits per heavy atom. The minimum absolute atomic E-state index is 0.119. The van der Waals surface area contributed by atoms with E-state index in [2.05, 4.69) is 20.9 Å². The first-order chi connectivity index (χ1) is 9.24. The molecular weight excluding hydrogens is 308 g/mol. The molecule has 0 unspecified atom stereocenters. The van der Waals surface area contributed by atoms with E-state index in [0.717, 1.165) is 28.7 Å². The van der Waals surface area contributed by atoms with Crippen molar-refractivity contribution < 1.29 is 9.21 Å². The number of nitrogens with zero attached hydrogens (tertiary/aromatic N) is 2. The number of amides is 1. The van der Waals surface area contributed by atoms with Crippen molar-refractivity contribution in [3.05, 3.63) is 52.1 Å². The van der Waals surface area contributed by atoms with Crippen LogP contribution in [0.15, 0.2) is 39.7 Å².